The van der Waals surface area contributed by atoms with Crippen LogP contribution in [0.5, 0.6) is 5.75 Å². The molecule has 2 aromatic rings. The van der Waals surface area contributed by atoms with Crippen molar-refractivity contribution in [2.75, 3.05) is 19.8 Å². The Morgan fingerprint density at radius 1 is 1.33 bits per heavy atom. The average Bonchev–Trinajstić information content (AvgIpc) is 3.37. The third-order valence-electron chi connectivity index (χ3n) is 4.79. The number of nitrogens with one attached hydrogen (secondary N) is 2. The zero-order valence-electron chi connectivity index (χ0n) is 18.7. The van der Waals surface area contributed by atoms with Crippen LogP contribution in [0.15, 0.2) is 28.6 Å². The molecule has 1 saturated heterocycles. The number of nitrogens with zero attached hydrogens (tertiary/aromatic N) is 2. The van der Waals surface area contributed by atoms with Gasteiger partial charge in [-0.2, -0.15) is 0 Å². The number of guanidine groups is 1. The molecular weight excluding hydrogens is 396 g/mol. The molecule has 1 aliphatic heterocycles. The molecule has 1 atom stereocenters. The fourth-order valence-corrected chi connectivity index (χ4v) is 4.01. The third-order valence-corrected chi connectivity index (χ3v) is 6.10. The molecule has 0 saturated carbocycles. The highest BCUT2D eigenvalue weighted by Crippen LogP contribution is 2.26. The van der Waals surface area contributed by atoms with Gasteiger partial charge in [-0.15, -0.1) is 11.3 Å². The Bertz CT molecular complexity index is 851. The fraction of sp³-hybridized carbons (Fsp3) is 0.565. The minimum atomic E-state index is 0.0771. The van der Waals surface area contributed by atoms with E-state index < -0.39 is 0 Å². The van der Waals surface area contributed by atoms with Crippen molar-refractivity contribution in [3.05, 3.63) is 45.4 Å². The topological polar surface area (TPSA) is 67.8 Å². The molecule has 1 aromatic carbocycles. The summed E-state index contributed by atoms with van der Waals surface area (Å²) in [4.78, 5) is 9.53. The SMILES string of the molecule is CCNC(=NCc1ccc(C)cc1OC1CCOC1)NCc1csc(C(C)(C)C)n1. The minimum Gasteiger partial charge on any atom is -0.488 e. The van der Waals surface area contributed by atoms with Crippen molar-refractivity contribution in [2.24, 2.45) is 4.99 Å². The lowest BCUT2D eigenvalue weighted by Crippen LogP contribution is -2.36. The Morgan fingerprint density at radius 3 is 2.83 bits per heavy atom. The number of thiazole rings is 1. The summed E-state index contributed by atoms with van der Waals surface area (Å²) >= 11 is 1.71. The maximum Gasteiger partial charge on any atom is 0.191 e. The monoisotopic (exact) mass is 430 g/mol. The molecule has 0 spiro atoms. The van der Waals surface area contributed by atoms with Crippen molar-refractivity contribution in [2.45, 2.75) is 65.6 Å². The molecule has 164 valence electrons. The summed E-state index contributed by atoms with van der Waals surface area (Å²) in [6.45, 7) is 14.1. The maximum atomic E-state index is 6.20. The van der Waals surface area contributed by atoms with E-state index in [0.29, 0.717) is 19.7 Å². The Labute approximate surface area is 184 Å². The number of benzene rings is 1. The second-order valence-corrected chi connectivity index (χ2v) is 9.52. The van der Waals surface area contributed by atoms with E-state index in [0.717, 1.165) is 47.5 Å². The summed E-state index contributed by atoms with van der Waals surface area (Å²) in [5.74, 6) is 1.68. The van der Waals surface area contributed by atoms with E-state index in [1.165, 1.54) is 5.56 Å². The van der Waals surface area contributed by atoms with Crippen LogP contribution in [0.25, 0.3) is 0 Å². The first kappa shape index (κ1) is 22.6. The smallest absolute Gasteiger partial charge is 0.191 e. The lowest BCUT2D eigenvalue weighted by molar-refractivity contribution is 0.140. The van der Waals surface area contributed by atoms with Gasteiger partial charge in [0, 0.05) is 29.3 Å². The molecule has 0 bridgehead atoms. The molecule has 6 nitrogen and oxygen atoms in total. The molecule has 0 radical (unpaired) electrons. The molecule has 3 rings (SSSR count). The van der Waals surface area contributed by atoms with Gasteiger partial charge in [0.25, 0.3) is 0 Å². The molecule has 30 heavy (non-hydrogen) atoms. The van der Waals surface area contributed by atoms with Gasteiger partial charge in [-0.05, 0) is 25.5 Å². The van der Waals surface area contributed by atoms with E-state index in [2.05, 4.69) is 68.8 Å². The van der Waals surface area contributed by atoms with Crippen molar-refractivity contribution >= 4 is 17.3 Å². The molecule has 2 N–H and O–H groups in total. The zero-order chi connectivity index (χ0) is 21.6. The molecule has 1 unspecified atom stereocenters. The first-order valence-electron chi connectivity index (χ1n) is 10.7. The molecule has 1 fully saturated rings. The lowest BCUT2D eigenvalue weighted by Gasteiger charge is -2.16. The first-order chi connectivity index (χ1) is 14.3. The predicted octanol–water partition coefficient (Wildman–Crippen LogP) is 4.17. The van der Waals surface area contributed by atoms with E-state index in [1.54, 1.807) is 11.3 Å². The van der Waals surface area contributed by atoms with E-state index in [-0.39, 0.29) is 11.5 Å². The van der Waals surface area contributed by atoms with Gasteiger partial charge in [-0.3, -0.25) is 0 Å². The molecule has 1 aliphatic rings. The molecular formula is C23H34N4O2S. The Kier molecular flexibility index (Phi) is 7.72. The molecule has 2 heterocycles. The minimum absolute atomic E-state index is 0.0771. The van der Waals surface area contributed by atoms with E-state index in [1.807, 2.05) is 0 Å². The second kappa shape index (κ2) is 10.3. The molecule has 0 aliphatic carbocycles. The average molecular weight is 431 g/mol. The van der Waals surface area contributed by atoms with E-state index >= 15 is 0 Å². The number of hydrogen-bond acceptors (Lipinski definition) is 5. The molecule has 7 heteroatoms. The van der Waals surface area contributed by atoms with Crippen molar-refractivity contribution in [1.82, 2.24) is 15.6 Å². The van der Waals surface area contributed by atoms with Crippen LogP contribution in [0.4, 0.5) is 0 Å². The van der Waals surface area contributed by atoms with Gasteiger partial charge in [0.15, 0.2) is 5.96 Å². The first-order valence-corrected chi connectivity index (χ1v) is 11.5. The summed E-state index contributed by atoms with van der Waals surface area (Å²) < 4.78 is 11.6. The normalized spacial score (nSPS) is 17.2. The fourth-order valence-electron chi connectivity index (χ4n) is 3.10. The zero-order valence-corrected chi connectivity index (χ0v) is 19.6. The predicted molar refractivity (Wildman–Crippen MR) is 124 cm³/mol. The number of ether oxygens (including phenoxy) is 2. The number of rotatable bonds is 7. The quantitative estimate of drug-likeness (QED) is 0.510. The highest BCUT2D eigenvalue weighted by atomic mass is 32.1. The highest BCUT2D eigenvalue weighted by Gasteiger charge is 2.19. The van der Waals surface area contributed by atoms with Crippen LogP contribution < -0.4 is 15.4 Å². The third kappa shape index (κ3) is 6.44. The summed E-state index contributed by atoms with van der Waals surface area (Å²) in [7, 11) is 0. The lowest BCUT2D eigenvalue weighted by atomic mass is 9.98. The number of hydrogen-bond donors (Lipinski definition) is 2. The number of aliphatic imine (C=N–C) groups is 1. The van der Waals surface area contributed by atoms with Crippen LogP contribution in [0, 0.1) is 6.92 Å². The van der Waals surface area contributed by atoms with Crippen LogP contribution in [0.1, 0.15) is 55.9 Å². The summed E-state index contributed by atoms with van der Waals surface area (Å²) in [5.41, 5.74) is 3.37. The van der Waals surface area contributed by atoms with Crippen LogP contribution in [0.3, 0.4) is 0 Å². The van der Waals surface area contributed by atoms with Crippen molar-refractivity contribution < 1.29 is 9.47 Å². The Hall–Kier alpha value is -2.12. The summed E-state index contributed by atoms with van der Waals surface area (Å²) in [5, 5.41) is 9.99. The molecule has 1 aromatic heterocycles. The van der Waals surface area contributed by atoms with Crippen LogP contribution in [0.2, 0.25) is 0 Å². The van der Waals surface area contributed by atoms with Crippen LogP contribution in [-0.4, -0.2) is 36.8 Å². The van der Waals surface area contributed by atoms with Gasteiger partial charge in [-0.25, -0.2) is 9.98 Å². The highest BCUT2D eigenvalue weighted by molar-refractivity contribution is 7.09. The second-order valence-electron chi connectivity index (χ2n) is 8.66. The van der Waals surface area contributed by atoms with Crippen LogP contribution >= 0.6 is 11.3 Å². The van der Waals surface area contributed by atoms with Gasteiger partial charge >= 0.3 is 0 Å². The van der Waals surface area contributed by atoms with Gasteiger partial charge in [0.05, 0.1) is 37.0 Å². The number of aromatic nitrogens is 1. The van der Waals surface area contributed by atoms with E-state index in [9.17, 15) is 0 Å². The van der Waals surface area contributed by atoms with Gasteiger partial charge in [-0.1, -0.05) is 32.9 Å². The summed E-state index contributed by atoms with van der Waals surface area (Å²) in [6.07, 6.45) is 1.06. The van der Waals surface area contributed by atoms with Gasteiger partial charge in [0.2, 0.25) is 0 Å². The van der Waals surface area contributed by atoms with E-state index in [4.69, 9.17) is 19.5 Å². The summed E-state index contributed by atoms with van der Waals surface area (Å²) in [6, 6.07) is 6.29. The number of aryl methyl sites for hydroxylation is 1. The van der Waals surface area contributed by atoms with Gasteiger partial charge in [0.1, 0.15) is 11.9 Å². The van der Waals surface area contributed by atoms with Crippen molar-refractivity contribution in [1.29, 1.82) is 0 Å². The largest absolute Gasteiger partial charge is 0.488 e. The Morgan fingerprint density at radius 2 is 2.17 bits per heavy atom. The van der Waals surface area contributed by atoms with Crippen molar-refractivity contribution in [3.8, 4) is 5.75 Å². The van der Waals surface area contributed by atoms with Gasteiger partial charge < -0.3 is 20.1 Å². The standard InChI is InChI=1S/C23H34N4O2S/c1-6-24-22(26-13-18-15-30-21(27-18)23(3,4)5)25-12-17-8-7-16(2)11-20(17)29-19-9-10-28-14-19/h7-8,11,15,19H,6,9-10,12-14H2,1-5H3,(H2,24,25,26). The maximum absolute atomic E-state index is 6.20. The van der Waals surface area contributed by atoms with Crippen molar-refractivity contribution in [3.63, 3.8) is 0 Å². The Balaban J connectivity index is 1.66. The molecule has 0 amide bonds. The van der Waals surface area contributed by atoms with Crippen LogP contribution in [-0.2, 0) is 23.2 Å².